The Hall–Kier alpha value is -1.51. The van der Waals surface area contributed by atoms with E-state index in [9.17, 15) is 5.11 Å². The molecule has 3 heteroatoms. The highest BCUT2D eigenvalue weighted by atomic mass is 16.4. The Labute approximate surface area is 122 Å². The summed E-state index contributed by atoms with van der Waals surface area (Å²) < 4.78 is 0. The van der Waals surface area contributed by atoms with Gasteiger partial charge in [0.25, 0.3) is 0 Å². The van der Waals surface area contributed by atoms with Crippen LogP contribution in [-0.2, 0) is 6.42 Å². The van der Waals surface area contributed by atoms with Crippen LogP contribution in [0.1, 0.15) is 69.4 Å². The van der Waals surface area contributed by atoms with E-state index in [2.05, 4.69) is 12.1 Å². The first-order valence-electron chi connectivity index (χ1n) is 7.77. The van der Waals surface area contributed by atoms with Gasteiger partial charge in [0.15, 0.2) is 0 Å². The Morgan fingerprint density at radius 2 is 1.65 bits per heavy atom. The van der Waals surface area contributed by atoms with Gasteiger partial charge >= 0.3 is 0 Å². The molecule has 0 saturated heterocycles. The van der Waals surface area contributed by atoms with Crippen LogP contribution in [0.5, 0.6) is 5.75 Å². The zero-order valence-electron chi connectivity index (χ0n) is 12.5. The second-order valence-corrected chi connectivity index (χ2v) is 5.36. The lowest BCUT2D eigenvalue weighted by molar-refractivity contribution is 0.321. The number of hydrogen-bond donors (Lipinski definition) is 2. The summed E-state index contributed by atoms with van der Waals surface area (Å²) in [6.07, 6.45) is 12.8. The van der Waals surface area contributed by atoms with Crippen molar-refractivity contribution < 1.29 is 10.3 Å². The van der Waals surface area contributed by atoms with Crippen LogP contribution in [-0.4, -0.2) is 16.5 Å². The maximum atomic E-state index is 9.58. The average molecular weight is 277 g/mol. The second-order valence-electron chi connectivity index (χ2n) is 5.36. The fourth-order valence-electron chi connectivity index (χ4n) is 2.39. The Morgan fingerprint density at radius 3 is 2.30 bits per heavy atom. The van der Waals surface area contributed by atoms with Crippen LogP contribution >= 0.6 is 0 Å². The van der Waals surface area contributed by atoms with E-state index in [-0.39, 0.29) is 5.75 Å². The number of phenolic OH excluding ortho intramolecular Hbond substituents is 1. The molecule has 0 atom stereocenters. The van der Waals surface area contributed by atoms with Crippen molar-refractivity contribution in [1.29, 1.82) is 0 Å². The molecular formula is C17H27NO2. The third-order valence-electron chi connectivity index (χ3n) is 3.61. The molecule has 1 aromatic carbocycles. The van der Waals surface area contributed by atoms with Crippen LogP contribution in [0.15, 0.2) is 23.4 Å². The molecule has 3 nitrogen and oxygen atoms in total. The van der Waals surface area contributed by atoms with Gasteiger partial charge in [-0.3, -0.25) is 0 Å². The Morgan fingerprint density at radius 1 is 1.00 bits per heavy atom. The van der Waals surface area contributed by atoms with E-state index in [0.29, 0.717) is 5.56 Å². The number of phenols is 1. The first-order valence-corrected chi connectivity index (χ1v) is 7.77. The van der Waals surface area contributed by atoms with Crippen molar-refractivity contribution >= 4 is 6.21 Å². The number of nitrogens with zero attached hydrogens (tertiary/aromatic N) is 1. The number of aryl methyl sites for hydroxylation is 1. The van der Waals surface area contributed by atoms with Gasteiger partial charge in [-0.05, 0) is 30.5 Å². The predicted molar refractivity (Wildman–Crippen MR) is 83.8 cm³/mol. The van der Waals surface area contributed by atoms with Crippen LogP contribution in [0.25, 0.3) is 0 Å². The van der Waals surface area contributed by atoms with Gasteiger partial charge in [-0.15, -0.1) is 0 Å². The van der Waals surface area contributed by atoms with E-state index in [1.807, 2.05) is 12.1 Å². The summed E-state index contributed by atoms with van der Waals surface area (Å²) >= 11 is 0. The molecule has 1 aromatic rings. The van der Waals surface area contributed by atoms with Crippen molar-refractivity contribution in [3.63, 3.8) is 0 Å². The molecular weight excluding hydrogens is 250 g/mol. The first kappa shape index (κ1) is 16.5. The molecule has 0 fully saturated rings. The van der Waals surface area contributed by atoms with Gasteiger partial charge in [0.2, 0.25) is 0 Å². The maximum Gasteiger partial charge on any atom is 0.124 e. The number of oxime groups is 1. The zero-order valence-corrected chi connectivity index (χ0v) is 12.5. The Kier molecular flexibility index (Phi) is 8.52. The monoisotopic (exact) mass is 277 g/mol. The first-order chi connectivity index (χ1) is 9.77. The smallest absolute Gasteiger partial charge is 0.124 e. The lowest BCUT2D eigenvalue weighted by atomic mass is 10.0. The average Bonchev–Trinajstić information content (AvgIpc) is 2.45. The fraction of sp³-hybridized carbons (Fsp3) is 0.588. The van der Waals surface area contributed by atoms with Gasteiger partial charge < -0.3 is 10.3 Å². The summed E-state index contributed by atoms with van der Waals surface area (Å²) in [5.74, 6) is 0.155. The second kappa shape index (κ2) is 10.3. The third-order valence-corrected chi connectivity index (χ3v) is 3.61. The molecule has 112 valence electrons. The molecule has 0 heterocycles. The minimum Gasteiger partial charge on any atom is -0.507 e. The van der Waals surface area contributed by atoms with E-state index in [4.69, 9.17) is 5.21 Å². The SMILES string of the molecule is CCCCCCCCCCc1ccc(O)c(C=NO)c1. The number of rotatable bonds is 10. The minimum absolute atomic E-state index is 0.155. The van der Waals surface area contributed by atoms with E-state index in [1.165, 1.54) is 63.1 Å². The molecule has 0 radical (unpaired) electrons. The lowest BCUT2D eigenvalue weighted by Gasteiger charge is -2.05. The van der Waals surface area contributed by atoms with E-state index in [1.54, 1.807) is 6.07 Å². The van der Waals surface area contributed by atoms with Gasteiger partial charge in [-0.1, -0.05) is 63.1 Å². The topological polar surface area (TPSA) is 52.8 Å². The molecule has 0 saturated carbocycles. The van der Waals surface area contributed by atoms with Crippen molar-refractivity contribution in [3.05, 3.63) is 29.3 Å². The molecule has 0 aromatic heterocycles. The highest BCUT2D eigenvalue weighted by Crippen LogP contribution is 2.18. The highest BCUT2D eigenvalue weighted by molar-refractivity contribution is 5.83. The number of unbranched alkanes of at least 4 members (excludes halogenated alkanes) is 7. The van der Waals surface area contributed by atoms with Gasteiger partial charge in [0.1, 0.15) is 5.75 Å². The molecule has 0 aliphatic carbocycles. The summed E-state index contributed by atoms with van der Waals surface area (Å²) in [5.41, 5.74) is 1.76. The van der Waals surface area contributed by atoms with Crippen molar-refractivity contribution in [1.82, 2.24) is 0 Å². The standard InChI is InChI=1S/C17H27NO2/c1-2-3-4-5-6-7-8-9-10-15-11-12-17(19)16(13-15)14-18-20/h11-14,19-20H,2-10H2,1H3. The summed E-state index contributed by atoms with van der Waals surface area (Å²) in [5, 5.41) is 21.1. The van der Waals surface area contributed by atoms with E-state index in [0.717, 1.165) is 6.42 Å². The number of hydrogen-bond acceptors (Lipinski definition) is 3. The fourth-order valence-corrected chi connectivity index (χ4v) is 2.39. The summed E-state index contributed by atoms with van der Waals surface area (Å²) in [7, 11) is 0. The van der Waals surface area contributed by atoms with Crippen molar-refractivity contribution in [2.75, 3.05) is 0 Å². The molecule has 0 unspecified atom stereocenters. The van der Waals surface area contributed by atoms with Crippen molar-refractivity contribution in [3.8, 4) is 5.75 Å². The van der Waals surface area contributed by atoms with Gasteiger partial charge in [-0.25, -0.2) is 0 Å². The summed E-state index contributed by atoms with van der Waals surface area (Å²) in [4.78, 5) is 0. The zero-order chi connectivity index (χ0) is 14.6. The van der Waals surface area contributed by atoms with Crippen LogP contribution in [0.2, 0.25) is 0 Å². The number of benzene rings is 1. The normalized spacial score (nSPS) is 11.2. The van der Waals surface area contributed by atoms with Crippen LogP contribution in [0.4, 0.5) is 0 Å². The van der Waals surface area contributed by atoms with Crippen LogP contribution < -0.4 is 0 Å². The van der Waals surface area contributed by atoms with Crippen LogP contribution in [0, 0.1) is 0 Å². The third kappa shape index (κ3) is 6.60. The molecule has 20 heavy (non-hydrogen) atoms. The largest absolute Gasteiger partial charge is 0.507 e. The lowest BCUT2D eigenvalue weighted by Crippen LogP contribution is -1.90. The molecule has 0 amide bonds. The minimum atomic E-state index is 0.155. The molecule has 0 bridgehead atoms. The maximum absolute atomic E-state index is 9.58. The summed E-state index contributed by atoms with van der Waals surface area (Å²) in [6.45, 7) is 2.24. The summed E-state index contributed by atoms with van der Waals surface area (Å²) in [6, 6.07) is 5.48. The van der Waals surface area contributed by atoms with Gasteiger partial charge in [-0.2, -0.15) is 0 Å². The van der Waals surface area contributed by atoms with Gasteiger partial charge in [0.05, 0.1) is 6.21 Å². The van der Waals surface area contributed by atoms with Crippen LogP contribution in [0.3, 0.4) is 0 Å². The van der Waals surface area contributed by atoms with Gasteiger partial charge in [0, 0.05) is 5.56 Å². The number of aromatic hydroxyl groups is 1. The quantitative estimate of drug-likeness (QED) is 0.277. The predicted octanol–water partition coefficient (Wildman–Crippen LogP) is 4.88. The molecule has 0 aliphatic heterocycles. The van der Waals surface area contributed by atoms with E-state index < -0.39 is 0 Å². The molecule has 0 aliphatic rings. The van der Waals surface area contributed by atoms with Crippen molar-refractivity contribution in [2.45, 2.75) is 64.7 Å². The molecule has 2 N–H and O–H groups in total. The highest BCUT2D eigenvalue weighted by Gasteiger charge is 2.01. The van der Waals surface area contributed by atoms with E-state index >= 15 is 0 Å². The van der Waals surface area contributed by atoms with Crippen molar-refractivity contribution in [2.24, 2.45) is 5.16 Å². The molecule has 0 spiro atoms. The Bertz CT molecular complexity index is 402. The molecule has 1 rings (SSSR count). The Balaban J connectivity index is 2.20.